The number of aryl methyl sites for hydroxylation is 1. The van der Waals surface area contributed by atoms with Gasteiger partial charge in [0, 0.05) is 11.1 Å². The van der Waals surface area contributed by atoms with Crippen LogP contribution in [-0.2, 0) is 6.42 Å². The molecular weight excluding hydrogens is 268 g/mol. The molecule has 2 rings (SSSR count). The van der Waals surface area contributed by atoms with Crippen molar-refractivity contribution in [2.75, 3.05) is 0 Å². The van der Waals surface area contributed by atoms with E-state index in [0.717, 1.165) is 24.1 Å². The maximum atomic E-state index is 14.0. The molecule has 0 saturated heterocycles. The Morgan fingerprint density at radius 3 is 1.90 bits per heavy atom. The molecule has 0 atom stereocenters. The Balaban J connectivity index is 2.40. The highest BCUT2D eigenvalue weighted by Crippen LogP contribution is 2.29. The summed E-state index contributed by atoms with van der Waals surface area (Å²) in [6.45, 7) is 1.95. The molecule has 20 heavy (non-hydrogen) atoms. The minimum atomic E-state index is -1.22. The molecule has 0 heterocycles. The maximum absolute atomic E-state index is 14.0. The summed E-state index contributed by atoms with van der Waals surface area (Å²) >= 11 is 0. The van der Waals surface area contributed by atoms with Crippen LogP contribution in [0, 0.1) is 11.6 Å². The Labute approximate surface area is 114 Å². The molecule has 0 fully saturated rings. The highest BCUT2D eigenvalue weighted by Gasteiger charge is 2.13. The van der Waals surface area contributed by atoms with E-state index in [9.17, 15) is 17.6 Å². The SMILES string of the molecule is CCc1ccc(/C(F)=C(\F)c2ccc(F)c(F)c2)cc1. The van der Waals surface area contributed by atoms with Gasteiger partial charge in [-0.1, -0.05) is 31.2 Å². The minimum absolute atomic E-state index is 0.0597. The van der Waals surface area contributed by atoms with Crippen molar-refractivity contribution in [1.82, 2.24) is 0 Å². The summed E-state index contributed by atoms with van der Waals surface area (Å²) in [5, 5.41) is 0. The number of hydrogen-bond acceptors (Lipinski definition) is 0. The van der Waals surface area contributed by atoms with Crippen molar-refractivity contribution in [3.63, 3.8) is 0 Å². The van der Waals surface area contributed by atoms with Crippen molar-refractivity contribution in [2.45, 2.75) is 13.3 Å². The lowest BCUT2D eigenvalue weighted by molar-refractivity contribution is 0.507. The Kier molecular flexibility index (Phi) is 4.23. The van der Waals surface area contributed by atoms with Gasteiger partial charge in [0.1, 0.15) is 0 Å². The van der Waals surface area contributed by atoms with Crippen LogP contribution in [0.2, 0.25) is 0 Å². The van der Waals surface area contributed by atoms with Gasteiger partial charge in [0.25, 0.3) is 0 Å². The van der Waals surface area contributed by atoms with Gasteiger partial charge in [-0.05, 0) is 30.2 Å². The van der Waals surface area contributed by atoms with E-state index in [2.05, 4.69) is 0 Å². The molecule has 0 unspecified atom stereocenters. The first-order chi connectivity index (χ1) is 9.52. The first kappa shape index (κ1) is 14.3. The van der Waals surface area contributed by atoms with Crippen LogP contribution in [0.3, 0.4) is 0 Å². The summed E-state index contributed by atoms with van der Waals surface area (Å²) in [7, 11) is 0. The van der Waals surface area contributed by atoms with E-state index in [1.54, 1.807) is 12.1 Å². The summed E-state index contributed by atoms with van der Waals surface area (Å²) in [5.74, 6) is -4.63. The van der Waals surface area contributed by atoms with E-state index >= 15 is 0 Å². The van der Waals surface area contributed by atoms with Crippen LogP contribution in [0.1, 0.15) is 23.6 Å². The Morgan fingerprint density at radius 1 is 0.800 bits per heavy atom. The van der Waals surface area contributed by atoms with E-state index in [4.69, 9.17) is 0 Å². The van der Waals surface area contributed by atoms with Crippen LogP contribution in [0.15, 0.2) is 42.5 Å². The largest absolute Gasteiger partial charge is 0.204 e. The number of halogens is 4. The van der Waals surface area contributed by atoms with Gasteiger partial charge in [0.2, 0.25) is 0 Å². The Bertz CT molecular complexity index is 642. The molecule has 0 N–H and O–H groups in total. The van der Waals surface area contributed by atoms with Crippen LogP contribution in [0.5, 0.6) is 0 Å². The first-order valence-corrected chi connectivity index (χ1v) is 6.13. The lowest BCUT2D eigenvalue weighted by Crippen LogP contribution is -1.89. The van der Waals surface area contributed by atoms with Crippen molar-refractivity contribution >= 4 is 11.7 Å². The van der Waals surface area contributed by atoms with Gasteiger partial charge >= 0.3 is 0 Å². The molecule has 4 heteroatoms. The van der Waals surface area contributed by atoms with Crippen LogP contribution in [-0.4, -0.2) is 0 Å². The Morgan fingerprint density at radius 2 is 1.35 bits per heavy atom. The summed E-state index contributed by atoms with van der Waals surface area (Å²) in [4.78, 5) is 0. The van der Waals surface area contributed by atoms with Gasteiger partial charge in [0.15, 0.2) is 23.3 Å². The third-order valence-corrected chi connectivity index (χ3v) is 2.98. The molecule has 0 aliphatic carbocycles. The highest BCUT2D eigenvalue weighted by atomic mass is 19.2. The topological polar surface area (TPSA) is 0 Å². The monoisotopic (exact) mass is 280 g/mol. The third kappa shape index (κ3) is 2.90. The maximum Gasteiger partial charge on any atom is 0.166 e. The van der Waals surface area contributed by atoms with E-state index in [1.165, 1.54) is 12.1 Å². The first-order valence-electron chi connectivity index (χ1n) is 6.13. The summed E-state index contributed by atoms with van der Waals surface area (Å²) < 4.78 is 53.7. The third-order valence-electron chi connectivity index (χ3n) is 2.98. The molecule has 0 amide bonds. The fourth-order valence-corrected chi connectivity index (χ4v) is 1.77. The molecule has 2 aromatic carbocycles. The molecule has 2 aromatic rings. The molecule has 0 nitrogen and oxygen atoms in total. The number of hydrogen-bond donors (Lipinski definition) is 0. The van der Waals surface area contributed by atoms with Crippen LogP contribution in [0.4, 0.5) is 17.6 Å². The molecule has 104 valence electrons. The van der Waals surface area contributed by atoms with E-state index in [1.807, 2.05) is 6.92 Å². The molecule has 0 aromatic heterocycles. The summed E-state index contributed by atoms with van der Waals surface area (Å²) in [5.41, 5.74) is 0.722. The number of benzene rings is 2. The van der Waals surface area contributed by atoms with Crippen LogP contribution in [0.25, 0.3) is 11.7 Å². The fraction of sp³-hybridized carbons (Fsp3) is 0.125. The van der Waals surface area contributed by atoms with Gasteiger partial charge in [-0.3, -0.25) is 0 Å². The average Bonchev–Trinajstić information content (AvgIpc) is 2.48. The van der Waals surface area contributed by atoms with Gasteiger partial charge in [-0.15, -0.1) is 0 Å². The summed E-state index contributed by atoms with van der Waals surface area (Å²) in [6.07, 6.45) is 0.789. The molecule has 0 aliphatic heterocycles. The Hall–Kier alpha value is -2.10. The van der Waals surface area contributed by atoms with Crippen molar-refractivity contribution < 1.29 is 17.6 Å². The predicted molar refractivity (Wildman–Crippen MR) is 71.2 cm³/mol. The highest BCUT2D eigenvalue weighted by molar-refractivity contribution is 5.83. The van der Waals surface area contributed by atoms with Crippen molar-refractivity contribution in [2.24, 2.45) is 0 Å². The second-order valence-corrected chi connectivity index (χ2v) is 4.31. The quantitative estimate of drug-likeness (QED) is 0.529. The second-order valence-electron chi connectivity index (χ2n) is 4.31. The molecule has 0 spiro atoms. The van der Waals surface area contributed by atoms with Gasteiger partial charge in [-0.2, -0.15) is 0 Å². The van der Waals surface area contributed by atoms with E-state index in [-0.39, 0.29) is 11.1 Å². The van der Waals surface area contributed by atoms with Crippen molar-refractivity contribution in [3.05, 3.63) is 70.8 Å². The smallest absolute Gasteiger partial charge is 0.166 e. The lowest BCUT2D eigenvalue weighted by atomic mass is 10.1. The zero-order chi connectivity index (χ0) is 14.7. The van der Waals surface area contributed by atoms with Gasteiger partial charge in [0.05, 0.1) is 0 Å². The minimum Gasteiger partial charge on any atom is -0.204 e. The number of rotatable bonds is 3. The van der Waals surface area contributed by atoms with Crippen molar-refractivity contribution in [3.8, 4) is 0 Å². The molecule has 0 bridgehead atoms. The summed E-state index contributed by atoms with van der Waals surface area (Å²) in [6, 6.07) is 8.66. The normalized spacial score (nSPS) is 12.2. The van der Waals surface area contributed by atoms with E-state index in [0.29, 0.717) is 6.07 Å². The van der Waals surface area contributed by atoms with Crippen LogP contribution < -0.4 is 0 Å². The van der Waals surface area contributed by atoms with E-state index < -0.39 is 23.3 Å². The lowest BCUT2D eigenvalue weighted by Gasteiger charge is -2.04. The zero-order valence-corrected chi connectivity index (χ0v) is 10.8. The standard InChI is InChI=1S/C16H12F4/c1-2-10-3-5-11(6-4-10)15(19)16(20)12-7-8-13(17)14(18)9-12/h3-9H,2H2,1H3/b16-15+. The average molecular weight is 280 g/mol. The molecule has 0 radical (unpaired) electrons. The van der Waals surface area contributed by atoms with Gasteiger partial charge in [-0.25, -0.2) is 17.6 Å². The van der Waals surface area contributed by atoms with Crippen LogP contribution >= 0.6 is 0 Å². The molecular formula is C16H12F4. The molecule has 0 aliphatic rings. The zero-order valence-electron chi connectivity index (χ0n) is 10.8. The predicted octanol–water partition coefficient (Wildman–Crippen LogP) is 5.29. The fourth-order valence-electron chi connectivity index (χ4n) is 1.77. The van der Waals surface area contributed by atoms with Crippen molar-refractivity contribution in [1.29, 1.82) is 0 Å². The second kappa shape index (κ2) is 5.90. The molecule has 0 saturated carbocycles. The van der Waals surface area contributed by atoms with Gasteiger partial charge < -0.3 is 0 Å².